The number of aliphatic imine (C=N–C) groups is 1. The van der Waals surface area contributed by atoms with Crippen molar-refractivity contribution in [3.63, 3.8) is 0 Å². The summed E-state index contributed by atoms with van der Waals surface area (Å²) in [6.45, 7) is 9.66. The molecule has 154 valence electrons. The second-order valence-electron chi connectivity index (χ2n) is 7.01. The Morgan fingerprint density at radius 3 is 2.85 bits per heavy atom. The number of halogens is 3. The van der Waals surface area contributed by atoms with Gasteiger partial charge in [-0.25, -0.2) is 4.39 Å². The fourth-order valence-electron chi connectivity index (χ4n) is 3.06. The van der Waals surface area contributed by atoms with Crippen LogP contribution in [0.25, 0.3) is 0 Å². The molecule has 1 aliphatic rings. The number of ether oxygens (including phenoxy) is 1. The van der Waals surface area contributed by atoms with Crippen molar-refractivity contribution in [3.05, 3.63) is 34.6 Å². The van der Waals surface area contributed by atoms with Gasteiger partial charge >= 0.3 is 0 Å². The zero-order chi connectivity index (χ0) is 18.9. The highest BCUT2D eigenvalue weighted by atomic mass is 127. The smallest absolute Gasteiger partial charge is 0.191 e. The molecule has 2 rings (SSSR count). The van der Waals surface area contributed by atoms with E-state index in [1.54, 1.807) is 13.1 Å². The van der Waals surface area contributed by atoms with E-state index in [2.05, 4.69) is 34.4 Å². The quantitative estimate of drug-likeness (QED) is 0.335. The molecule has 0 radical (unpaired) electrons. The van der Waals surface area contributed by atoms with E-state index in [9.17, 15) is 4.39 Å². The van der Waals surface area contributed by atoms with E-state index in [0.717, 1.165) is 37.8 Å². The zero-order valence-electron chi connectivity index (χ0n) is 16.3. The van der Waals surface area contributed by atoms with Crippen LogP contribution in [-0.2, 0) is 11.2 Å². The number of rotatable bonds is 7. The topological polar surface area (TPSA) is 48.9 Å². The lowest BCUT2D eigenvalue weighted by molar-refractivity contribution is -0.0284. The Morgan fingerprint density at radius 1 is 1.41 bits per heavy atom. The van der Waals surface area contributed by atoms with Crippen LogP contribution in [0.5, 0.6) is 0 Å². The molecule has 2 N–H and O–H groups in total. The normalized spacial score (nSPS) is 18.3. The number of hydrogen-bond acceptors (Lipinski definition) is 3. The van der Waals surface area contributed by atoms with Gasteiger partial charge in [-0.05, 0) is 30.0 Å². The van der Waals surface area contributed by atoms with Crippen molar-refractivity contribution >= 4 is 41.5 Å². The van der Waals surface area contributed by atoms with Gasteiger partial charge < -0.3 is 15.4 Å². The third-order valence-corrected chi connectivity index (χ3v) is 4.62. The molecule has 0 saturated carbocycles. The second kappa shape index (κ2) is 12.7. The fourth-order valence-corrected chi connectivity index (χ4v) is 3.32. The van der Waals surface area contributed by atoms with Crippen molar-refractivity contribution < 1.29 is 9.13 Å². The van der Waals surface area contributed by atoms with E-state index in [4.69, 9.17) is 16.3 Å². The number of nitrogens with zero attached hydrogens (tertiary/aromatic N) is 2. The summed E-state index contributed by atoms with van der Waals surface area (Å²) < 4.78 is 18.9. The highest BCUT2D eigenvalue weighted by Crippen LogP contribution is 2.17. The third kappa shape index (κ3) is 8.93. The van der Waals surface area contributed by atoms with Crippen LogP contribution in [0.4, 0.5) is 4.39 Å². The molecule has 1 fully saturated rings. The molecular formula is C19H31ClFIN4O. The molecule has 0 bridgehead atoms. The van der Waals surface area contributed by atoms with Gasteiger partial charge in [0.15, 0.2) is 5.96 Å². The van der Waals surface area contributed by atoms with E-state index >= 15 is 0 Å². The van der Waals surface area contributed by atoms with Gasteiger partial charge in [-0.3, -0.25) is 9.89 Å². The van der Waals surface area contributed by atoms with E-state index in [-0.39, 0.29) is 35.9 Å². The summed E-state index contributed by atoms with van der Waals surface area (Å²) >= 11 is 6.06. The molecule has 5 nitrogen and oxygen atoms in total. The van der Waals surface area contributed by atoms with Crippen molar-refractivity contribution in [2.75, 3.05) is 46.4 Å². The first kappa shape index (κ1) is 24.4. The Balaban J connectivity index is 0.00000364. The van der Waals surface area contributed by atoms with Gasteiger partial charge in [0.05, 0.1) is 12.7 Å². The van der Waals surface area contributed by atoms with Gasteiger partial charge in [0, 0.05) is 44.8 Å². The molecule has 0 spiro atoms. The molecule has 0 aromatic heterocycles. The van der Waals surface area contributed by atoms with Crippen LogP contribution in [0, 0.1) is 11.7 Å². The van der Waals surface area contributed by atoms with Gasteiger partial charge in [0.25, 0.3) is 0 Å². The number of nitrogens with one attached hydrogen (secondary N) is 2. The first-order chi connectivity index (χ1) is 12.5. The van der Waals surface area contributed by atoms with Crippen molar-refractivity contribution in [2.45, 2.75) is 26.4 Å². The predicted molar refractivity (Wildman–Crippen MR) is 121 cm³/mol. The standard InChI is InChI=1S/C19H30ClFN4O.HI/c1-14(2)12-25-8-9-26-17(13-25)11-24-19(22-3)23-7-6-15-4-5-16(21)10-18(15)20;/h4-5,10,14,17H,6-9,11-13H2,1-3H3,(H2,22,23,24);1H. The number of hydrogen-bond donors (Lipinski definition) is 2. The van der Waals surface area contributed by atoms with Crippen LogP contribution >= 0.6 is 35.6 Å². The van der Waals surface area contributed by atoms with Crippen LogP contribution in [0.1, 0.15) is 19.4 Å². The lowest BCUT2D eigenvalue weighted by Crippen LogP contribution is -2.50. The molecule has 1 aliphatic heterocycles. The van der Waals surface area contributed by atoms with E-state index in [0.29, 0.717) is 30.5 Å². The molecular weight excluding hydrogens is 482 g/mol. The minimum Gasteiger partial charge on any atom is -0.374 e. The summed E-state index contributed by atoms with van der Waals surface area (Å²) in [5, 5.41) is 7.03. The van der Waals surface area contributed by atoms with Gasteiger partial charge in [-0.2, -0.15) is 0 Å². The zero-order valence-corrected chi connectivity index (χ0v) is 19.4. The number of morpholine rings is 1. The molecule has 0 aliphatic carbocycles. The molecule has 0 amide bonds. The van der Waals surface area contributed by atoms with Crippen LogP contribution in [-0.4, -0.2) is 63.3 Å². The highest BCUT2D eigenvalue weighted by molar-refractivity contribution is 14.0. The van der Waals surface area contributed by atoms with E-state index in [1.807, 2.05) is 0 Å². The first-order valence-electron chi connectivity index (χ1n) is 9.20. The lowest BCUT2D eigenvalue weighted by atomic mass is 10.1. The first-order valence-corrected chi connectivity index (χ1v) is 9.58. The van der Waals surface area contributed by atoms with Crippen molar-refractivity contribution in [2.24, 2.45) is 10.9 Å². The maximum absolute atomic E-state index is 13.1. The largest absolute Gasteiger partial charge is 0.374 e. The summed E-state index contributed by atoms with van der Waals surface area (Å²) in [6, 6.07) is 4.49. The highest BCUT2D eigenvalue weighted by Gasteiger charge is 2.21. The molecule has 1 aromatic carbocycles. The molecule has 1 atom stereocenters. The fraction of sp³-hybridized carbons (Fsp3) is 0.632. The van der Waals surface area contributed by atoms with Crippen LogP contribution < -0.4 is 10.6 Å². The monoisotopic (exact) mass is 512 g/mol. The Bertz CT molecular complexity index is 603. The van der Waals surface area contributed by atoms with Crippen LogP contribution in [0.15, 0.2) is 23.2 Å². The predicted octanol–water partition coefficient (Wildman–Crippen LogP) is 3.16. The molecule has 1 unspecified atom stereocenters. The Labute approximate surface area is 184 Å². The average Bonchev–Trinajstić information content (AvgIpc) is 2.59. The minimum atomic E-state index is -0.317. The Morgan fingerprint density at radius 2 is 2.19 bits per heavy atom. The van der Waals surface area contributed by atoms with Crippen molar-refractivity contribution in [1.29, 1.82) is 0 Å². The van der Waals surface area contributed by atoms with E-state index in [1.165, 1.54) is 12.1 Å². The molecule has 1 aromatic rings. The van der Waals surface area contributed by atoms with E-state index < -0.39 is 0 Å². The van der Waals surface area contributed by atoms with Gasteiger partial charge in [0.1, 0.15) is 5.82 Å². The summed E-state index contributed by atoms with van der Waals surface area (Å²) in [6.07, 6.45) is 0.856. The molecule has 8 heteroatoms. The summed E-state index contributed by atoms with van der Waals surface area (Å²) in [7, 11) is 1.74. The Kier molecular flexibility index (Phi) is 11.5. The maximum Gasteiger partial charge on any atom is 0.191 e. The maximum atomic E-state index is 13.1. The van der Waals surface area contributed by atoms with Crippen LogP contribution in [0.3, 0.4) is 0 Å². The number of benzene rings is 1. The van der Waals surface area contributed by atoms with Crippen LogP contribution in [0.2, 0.25) is 5.02 Å². The second-order valence-corrected chi connectivity index (χ2v) is 7.42. The van der Waals surface area contributed by atoms with Crippen molar-refractivity contribution in [3.8, 4) is 0 Å². The third-order valence-electron chi connectivity index (χ3n) is 4.27. The lowest BCUT2D eigenvalue weighted by Gasteiger charge is -2.34. The molecule has 27 heavy (non-hydrogen) atoms. The molecule has 1 heterocycles. The van der Waals surface area contributed by atoms with Gasteiger partial charge in [0.2, 0.25) is 0 Å². The van der Waals surface area contributed by atoms with Crippen molar-refractivity contribution in [1.82, 2.24) is 15.5 Å². The summed E-state index contributed by atoms with van der Waals surface area (Å²) in [5.74, 6) is 1.07. The summed E-state index contributed by atoms with van der Waals surface area (Å²) in [4.78, 5) is 6.69. The SMILES string of the molecule is CN=C(NCCc1ccc(F)cc1Cl)NCC1CN(CC(C)C)CCO1.I. The number of guanidine groups is 1. The Hall–Kier alpha value is -0.640. The molecule has 1 saturated heterocycles. The van der Waals surface area contributed by atoms with Gasteiger partial charge in [-0.1, -0.05) is 31.5 Å². The minimum absolute atomic E-state index is 0. The average molecular weight is 513 g/mol. The summed E-state index contributed by atoms with van der Waals surface area (Å²) in [5.41, 5.74) is 0.913. The van der Waals surface area contributed by atoms with Gasteiger partial charge in [-0.15, -0.1) is 24.0 Å².